The van der Waals surface area contributed by atoms with Crippen LogP contribution in [0.15, 0.2) is 49.1 Å². The molecule has 0 saturated carbocycles. The van der Waals surface area contributed by atoms with Crippen LogP contribution in [0.4, 0.5) is 0 Å². The standard InChI is InChI=1S/C21H28N4O/c1-24(15-18-4-2-8-22-13-18)20-12-21(26-17-20)6-10-25(11-7-21)16-19-5-3-9-23-14-19/h2-5,8-9,13-14,20H,6-7,10-12,15-17H2,1H3/t20-/m0/s1. The summed E-state index contributed by atoms with van der Waals surface area (Å²) < 4.78 is 6.36. The molecule has 0 aromatic carbocycles. The minimum Gasteiger partial charge on any atom is -0.373 e. The fraction of sp³-hybridized carbons (Fsp3) is 0.524. The van der Waals surface area contributed by atoms with Crippen LogP contribution in [-0.4, -0.2) is 58.2 Å². The highest BCUT2D eigenvalue weighted by Crippen LogP contribution is 2.37. The van der Waals surface area contributed by atoms with Gasteiger partial charge >= 0.3 is 0 Å². The maximum absolute atomic E-state index is 6.36. The number of pyridine rings is 2. The largest absolute Gasteiger partial charge is 0.373 e. The molecule has 0 radical (unpaired) electrons. The number of hydrogen-bond acceptors (Lipinski definition) is 5. The Morgan fingerprint density at radius 3 is 2.46 bits per heavy atom. The molecule has 1 atom stereocenters. The van der Waals surface area contributed by atoms with E-state index in [0.29, 0.717) is 6.04 Å². The monoisotopic (exact) mass is 352 g/mol. The summed E-state index contributed by atoms with van der Waals surface area (Å²) in [4.78, 5) is 13.4. The fourth-order valence-electron chi connectivity index (χ4n) is 4.23. The number of likely N-dealkylation sites (N-methyl/N-ethyl adjacent to an activating group) is 1. The first-order chi connectivity index (χ1) is 12.7. The van der Waals surface area contributed by atoms with Gasteiger partial charge in [0.15, 0.2) is 0 Å². The predicted octanol–water partition coefficient (Wildman–Crippen LogP) is 2.73. The van der Waals surface area contributed by atoms with Crippen molar-refractivity contribution in [1.29, 1.82) is 0 Å². The van der Waals surface area contributed by atoms with E-state index in [0.717, 1.165) is 52.0 Å². The number of ether oxygens (including phenoxy) is 1. The van der Waals surface area contributed by atoms with Crippen LogP contribution in [0.2, 0.25) is 0 Å². The Balaban J connectivity index is 1.28. The van der Waals surface area contributed by atoms with Gasteiger partial charge in [-0.15, -0.1) is 0 Å². The summed E-state index contributed by atoms with van der Waals surface area (Å²) in [5.41, 5.74) is 2.64. The first kappa shape index (κ1) is 17.6. The number of hydrogen-bond donors (Lipinski definition) is 0. The zero-order valence-corrected chi connectivity index (χ0v) is 15.6. The smallest absolute Gasteiger partial charge is 0.0723 e. The van der Waals surface area contributed by atoms with Crippen molar-refractivity contribution >= 4 is 0 Å². The minimum atomic E-state index is 0.0826. The zero-order chi connectivity index (χ0) is 17.8. The van der Waals surface area contributed by atoms with E-state index in [1.807, 2.05) is 36.9 Å². The van der Waals surface area contributed by atoms with Crippen LogP contribution in [0.1, 0.15) is 30.4 Å². The van der Waals surface area contributed by atoms with Gasteiger partial charge in [0.1, 0.15) is 0 Å². The Bertz CT molecular complexity index is 686. The van der Waals surface area contributed by atoms with Crippen LogP contribution in [0.25, 0.3) is 0 Å². The van der Waals surface area contributed by atoms with Crippen LogP contribution < -0.4 is 0 Å². The van der Waals surface area contributed by atoms with E-state index in [-0.39, 0.29) is 5.60 Å². The normalized spacial score (nSPS) is 22.9. The van der Waals surface area contributed by atoms with Crippen molar-refractivity contribution in [3.05, 3.63) is 60.2 Å². The van der Waals surface area contributed by atoms with Gasteiger partial charge in [-0.1, -0.05) is 12.1 Å². The molecule has 2 aliphatic heterocycles. The molecule has 0 N–H and O–H groups in total. The van der Waals surface area contributed by atoms with Gasteiger partial charge in [0, 0.05) is 57.0 Å². The molecule has 2 aliphatic rings. The molecule has 2 fully saturated rings. The molecule has 0 aliphatic carbocycles. The lowest BCUT2D eigenvalue weighted by Gasteiger charge is -2.39. The van der Waals surface area contributed by atoms with E-state index in [1.54, 1.807) is 0 Å². The maximum atomic E-state index is 6.36. The summed E-state index contributed by atoms with van der Waals surface area (Å²) in [5.74, 6) is 0. The lowest BCUT2D eigenvalue weighted by molar-refractivity contribution is -0.0452. The van der Waals surface area contributed by atoms with Crippen molar-refractivity contribution in [3.8, 4) is 0 Å². The molecule has 0 unspecified atom stereocenters. The molecule has 2 aromatic rings. The Kier molecular flexibility index (Phi) is 5.29. The van der Waals surface area contributed by atoms with E-state index in [4.69, 9.17) is 4.74 Å². The number of likely N-dealkylation sites (tertiary alicyclic amines) is 1. The first-order valence-corrected chi connectivity index (χ1v) is 9.57. The molecule has 2 saturated heterocycles. The Hall–Kier alpha value is -1.82. The second-order valence-electron chi connectivity index (χ2n) is 7.77. The van der Waals surface area contributed by atoms with Crippen LogP contribution in [-0.2, 0) is 17.8 Å². The van der Waals surface area contributed by atoms with Gasteiger partial charge in [0.05, 0.1) is 12.2 Å². The third-order valence-corrected chi connectivity index (χ3v) is 5.86. The van der Waals surface area contributed by atoms with Crippen molar-refractivity contribution in [1.82, 2.24) is 19.8 Å². The summed E-state index contributed by atoms with van der Waals surface area (Å²) in [6.07, 6.45) is 11.0. The highest BCUT2D eigenvalue weighted by Gasteiger charge is 2.43. The summed E-state index contributed by atoms with van der Waals surface area (Å²) in [5, 5.41) is 0. The first-order valence-electron chi connectivity index (χ1n) is 9.57. The van der Waals surface area contributed by atoms with Gasteiger partial charge in [-0.2, -0.15) is 0 Å². The lowest BCUT2D eigenvalue weighted by atomic mass is 9.87. The SMILES string of the molecule is CN(Cc1cccnc1)[C@@H]1COC2(CCN(Cc3cccnc3)CC2)C1. The number of rotatable bonds is 5. The molecule has 4 rings (SSSR count). The molecule has 0 amide bonds. The van der Waals surface area contributed by atoms with Crippen LogP contribution >= 0.6 is 0 Å². The number of nitrogens with zero attached hydrogens (tertiary/aromatic N) is 4. The molecule has 26 heavy (non-hydrogen) atoms. The van der Waals surface area contributed by atoms with Crippen LogP contribution in [0.5, 0.6) is 0 Å². The van der Waals surface area contributed by atoms with Gasteiger partial charge in [0.2, 0.25) is 0 Å². The van der Waals surface area contributed by atoms with E-state index in [2.05, 4.69) is 38.9 Å². The van der Waals surface area contributed by atoms with E-state index in [9.17, 15) is 0 Å². The van der Waals surface area contributed by atoms with Gasteiger partial charge in [-0.3, -0.25) is 19.8 Å². The summed E-state index contributed by atoms with van der Waals surface area (Å²) >= 11 is 0. The third-order valence-electron chi connectivity index (χ3n) is 5.86. The zero-order valence-electron chi connectivity index (χ0n) is 15.6. The van der Waals surface area contributed by atoms with Crippen molar-refractivity contribution in [2.45, 2.75) is 44.0 Å². The van der Waals surface area contributed by atoms with E-state index in [1.165, 1.54) is 11.1 Å². The summed E-state index contributed by atoms with van der Waals surface area (Å²) in [6, 6.07) is 8.83. The Morgan fingerprint density at radius 2 is 1.81 bits per heavy atom. The van der Waals surface area contributed by atoms with Crippen molar-refractivity contribution < 1.29 is 4.74 Å². The highest BCUT2D eigenvalue weighted by atomic mass is 16.5. The van der Waals surface area contributed by atoms with E-state index < -0.39 is 0 Å². The minimum absolute atomic E-state index is 0.0826. The lowest BCUT2D eigenvalue weighted by Crippen LogP contribution is -2.44. The summed E-state index contributed by atoms with van der Waals surface area (Å²) in [7, 11) is 2.21. The Labute approximate surface area is 156 Å². The molecule has 2 aromatic heterocycles. The van der Waals surface area contributed by atoms with Gasteiger partial charge in [0.25, 0.3) is 0 Å². The van der Waals surface area contributed by atoms with Crippen molar-refractivity contribution in [2.75, 3.05) is 26.7 Å². The van der Waals surface area contributed by atoms with Crippen LogP contribution in [0.3, 0.4) is 0 Å². The second-order valence-corrected chi connectivity index (χ2v) is 7.77. The second kappa shape index (κ2) is 7.82. The fourth-order valence-corrected chi connectivity index (χ4v) is 4.23. The van der Waals surface area contributed by atoms with Gasteiger partial charge in [-0.05, 0) is 49.6 Å². The van der Waals surface area contributed by atoms with Gasteiger partial charge in [-0.25, -0.2) is 0 Å². The Morgan fingerprint density at radius 1 is 1.12 bits per heavy atom. The topological polar surface area (TPSA) is 41.5 Å². The number of piperidine rings is 1. The third kappa shape index (κ3) is 4.11. The van der Waals surface area contributed by atoms with E-state index >= 15 is 0 Å². The van der Waals surface area contributed by atoms with Gasteiger partial charge < -0.3 is 4.74 Å². The molecular formula is C21H28N4O. The molecule has 0 bridgehead atoms. The highest BCUT2D eigenvalue weighted by molar-refractivity contribution is 5.10. The average molecular weight is 352 g/mol. The average Bonchev–Trinajstić information content (AvgIpc) is 3.10. The quantitative estimate of drug-likeness (QED) is 0.828. The molecule has 1 spiro atoms. The number of aromatic nitrogens is 2. The molecular weight excluding hydrogens is 324 g/mol. The maximum Gasteiger partial charge on any atom is 0.0723 e. The summed E-state index contributed by atoms with van der Waals surface area (Å²) in [6.45, 7) is 4.99. The molecule has 138 valence electrons. The molecule has 5 nitrogen and oxygen atoms in total. The predicted molar refractivity (Wildman–Crippen MR) is 102 cm³/mol. The van der Waals surface area contributed by atoms with Crippen molar-refractivity contribution in [2.24, 2.45) is 0 Å². The molecule has 5 heteroatoms. The van der Waals surface area contributed by atoms with Crippen molar-refractivity contribution in [3.63, 3.8) is 0 Å². The van der Waals surface area contributed by atoms with Crippen LogP contribution in [0, 0.1) is 0 Å². The molecule has 4 heterocycles.